The Morgan fingerprint density at radius 3 is 2.05 bits per heavy atom. The molecule has 1 aliphatic heterocycles. The zero-order chi connectivity index (χ0) is 14.3. The van der Waals surface area contributed by atoms with Crippen molar-refractivity contribution in [3.63, 3.8) is 0 Å². The second kappa shape index (κ2) is 11.1. The maximum Gasteiger partial charge on any atom is 0.0234 e. The Labute approximate surface area is 139 Å². The summed E-state index contributed by atoms with van der Waals surface area (Å²) in [4.78, 5) is 2.58. The predicted octanol–water partition coefficient (Wildman–Crippen LogP) is 5.25. The van der Waals surface area contributed by atoms with E-state index in [0.29, 0.717) is 5.41 Å². The molecule has 0 unspecified atom stereocenters. The molecule has 1 fully saturated rings. The quantitative estimate of drug-likeness (QED) is 0.806. The lowest BCUT2D eigenvalue weighted by molar-refractivity contribution is -0.0243. The average Bonchev–Trinajstić information content (AvgIpc) is 2.39. The van der Waals surface area contributed by atoms with Crippen LogP contribution in [-0.4, -0.2) is 18.0 Å². The number of hydrogen-bond donors (Lipinski definition) is 1. The van der Waals surface area contributed by atoms with Crippen molar-refractivity contribution in [3.8, 4) is 0 Å². The lowest BCUT2D eigenvalue weighted by atomic mass is 9.71. The van der Waals surface area contributed by atoms with Crippen molar-refractivity contribution in [2.75, 3.05) is 13.1 Å². The molecule has 0 bridgehead atoms. The third-order valence-electron chi connectivity index (χ3n) is 3.96. The van der Waals surface area contributed by atoms with Crippen LogP contribution in [0, 0.1) is 11.3 Å². The molecular formula is C18H36N2S. The molecule has 0 amide bonds. The fourth-order valence-corrected chi connectivity index (χ4v) is 3.22. The molecule has 3 heteroatoms. The summed E-state index contributed by atoms with van der Waals surface area (Å²) in [5.41, 5.74) is 2.06. The summed E-state index contributed by atoms with van der Waals surface area (Å²) < 4.78 is 0. The molecule has 1 aliphatic rings. The summed E-state index contributed by atoms with van der Waals surface area (Å²) in [5, 5.41) is 0. The van der Waals surface area contributed by atoms with E-state index in [-0.39, 0.29) is 19.6 Å². The number of rotatable bonds is 5. The first-order chi connectivity index (χ1) is 9.13. The van der Waals surface area contributed by atoms with Crippen LogP contribution in [0.4, 0.5) is 0 Å². The van der Waals surface area contributed by atoms with Gasteiger partial charge in [-0.25, -0.2) is 0 Å². The molecule has 1 saturated heterocycles. The molecule has 0 spiro atoms. The topological polar surface area (TPSA) is 38.2 Å². The van der Waals surface area contributed by atoms with Gasteiger partial charge in [0.2, 0.25) is 0 Å². The van der Waals surface area contributed by atoms with E-state index in [1.807, 2.05) is 13.8 Å². The van der Waals surface area contributed by atoms with E-state index in [1.165, 1.54) is 31.5 Å². The van der Waals surface area contributed by atoms with Crippen molar-refractivity contribution in [1.29, 1.82) is 0 Å². The maximum absolute atomic E-state index is 2.58. The zero-order valence-corrected chi connectivity index (χ0v) is 15.7. The number of hydrogen-bond acceptors (Lipinski definition) is 2. The van der Waals surface area contributed by atoms with E-state index >= 15 is 0 Å². The van der Waals surface area contributed by atoms with Gasteiger partial charge in [-0.2, -0.15) is 13.5 Å². The first-order valence-electron chi connectivity index (χ1n) is 7.90. The van der Waals surface area contributed by atoms with Gasteiger partial charge in [-0.15, -0.1) is 0 Å². The van der Waals surface area contributed by atoms with Gasteiger partial charge in [0.25, 0.3) is 0 Å². The van der Waals surface area contributed by atoms with Crippen LogP contribution < -0.4 is 6.15 Å². The molecule has 124 valence electrons. The Kier molecular flexibility index (Phi) is 12.0. The van der Waals surface area contributed by atoms with Crippen LogP contribution in [0.2, 0.25) is 0 Å². The average molecular weight is 313 g/mol. The van der Waals surface area contributed by atoms with Crippen molar-refractivity contribution in [2.24, 2.45) is 11.3 Å². The number of benzene rings is 1. The molecule has 3 N–H and O–H groups in total. The van der Waals surface area contributed by atoms with E-state index in [0.717, 1.165) is 12.5 Å². The molecule has 0 aliphatic carbocycles. The summed E-state index contributed by atoms with van der Waals surface area (Å²) in [7, 11) is 0. The molecule has 2 rings (SSSR count). The highest BCUT2D eigenvalue weighted by Crippen LogP contribution is 2.40. The van der Waals surface area contributed by atoms with Crippen LogP contribution in [0.3, 0.4) is 0 Å². The van der Waals surface area contributed by atoms with Gasteiger partial charge in [0, 0.05) is 19.6 Å². The third kappa shape index (κ3) is 6.86. The SMILES string of the molecule is CC.CCC1(CC(C)C)CN(Cc2ccccc2)C1.N.S. The molecule has 21 heavy (non-hydrogen) atoms. The van der Waals surface area contributed by atoms with Crippen molar-refractivity contribution in [2.45, 2.75) is 54.0 Å². The van der Waals surface area contributed by atoms with Gasteiger partial charge in [-0.3, -0.25) is 4.90 Å². The van der Waals surface area contributed by atoms with E-state index in [9.17, 15) is 0 Å². The number of nitrogens with zero attached hydrogens (tertiary/aromatic N) is 1. The smallest absolute Gasteiger partial charge is 0.0234 e. The minimum Gasteiger partial charge on any atom is -0.344 e. The van der Waals surface area contributed by atoms with Gasteiger partial charge in [0.1, 0.15) is 0 Å². The Morgan fingerprint density at radius 2 is 1.62 bits per heavy atom. The summed E-state index contributed by atoms with van der Waals surface area (Å²) in [6.45, 7) is 14.7. The molecular weight excluding hydrogens is 276 g/mol. The monoisotopic (exact) mass is 312 g/mol. The van der Waals surface area contributed by atoms with Gasteiger partial charge in [0.05, 0.1) is 0 Å². The van der Waals surface area contributed by atoms with Gasteiger partial charge in [-0.1, -0.05) is 65.0 Å². The van der Waals surface area contributed by atoms with Crippen molar-refractivity contribution in [3.05, 3.63) is 35.9 Å². The Balaban J connectivity index is 0. The van der Waals surface area contributed by atoms with E-state index in [1.54, 1.807) is 0 Å². The molecule has 2 nitrogen and oxygen atoms in total. The molecule has 0 radical (unpaired) electrons. The van der Waals surface area contributed by atoms with Crippen molar-refractivity contribution in [1.82, 2.24) is 11.1 Å². The minimum atomic E-state index is 0. The molecule has 0 aromatic heterocycles. The lowest BCUT2D eigenvalue weighted by Crippen LogP contribution is -2.55. The highest BCUT2D eigenvalue weighted by Gasteiger charge is 2.41. The second-order valence-electron chi connectivity index (χ2n) is 6.08. The highest BCUT2D eigenvalue weighted by atomic mass is 32.1. The molecule has 1 heterocycles. The Morgan fingerprint density at radius 1 is 1.10 bits per heavy atom. The normalized spacial score (nSPS) is 15.9. The van der Waals surface area contributed by atoms with Crippen molar-refractivity contribution < 1.29 is 0 Å². The standard InChI is InChI=1S/C16H25N.C2H6.H3N.H2S/c1-4-16(10-14(2)3)12-17(13-16)11-15-8-6-5-7-9-15;1-2;;/h5-9,14H,4,10-13H2,1-3H3;1-2H3;1H3;1H2. The van der Waals surface area contributed by atoms with Gasteiger partial charge >= 0.3 is 0 Å². The van der Waals surface area contributed by atoms with Crippen LogP contribution in [-0.2, 0) is 6.54 Å². The summed E-state index contributed by atoms with van der Waals surface area (Å²) >= 11 is 0. The second-order valence-corrected chi connectivity index (χ2v) is 6.08. The van der Waals surface area contributed by atoms with Crippen LogP contribution in [0.15, 0.2) is 30.3 Å². The van der Waals surface area contributed by atoms with Crippen LogP contribution in [0.5, 0.6) is 0 Å². The van der Waals surface area contributed by atoms with E-state index in [4.69, 9.17) is 0 Å². The van der Waals surface area contributed by atoms with Crippen molar-refractivity contribution >= 4 is 13.5 Å². The zero-order valence-electron chi connectivity index (χ0n) is 14.7. The highest BCUT2D eigenvalue weighted by molar-refractivity contribution is 7.59. The Bertz CT molecular complexity index is 345. The Hall–Kier alpha value is -0.510. The van der Waals surface area contributed by atoms with Gasteiger partial charge in [-0.05, 0) is 29.7 Å². The largest absolute Gasteiger partial charge is 0.344 e. The lowest BCUT2D eigenvalue weighted by Gasteiger charge is -2.51. The van der Waals surface area contributed by atoms with Gasteiger partial charge in [0.15, 0.2) is 0 Å². The molecule has 1 aromatic carbocycles. The summed E-state index contributed by atoms with van der Waals surface area (Å²) in [6, 6.07) is 10.8. The van der Waals surface area contributed by atoms with Crippen LogP contribution in [0.25, 0.3) is 0 Å². The molecule has 0 saturated carbocycles. The number of likely N-dealkylation sites (tertiary alicyclic amines) is 1. The van der Waals surface area contributed by atoms with E-state index < -0.39 is 0 Å². The van der Waals surface area contributed by atoms with Gasteiger partial charge < -0.3 is 6.15 Å². The third-order valence-corrected chi connectivity index (χ3v) is 3.96. The predicted molar refractivity (Wildman–Crippen MR) is 101 cm³/mol. The first-order valence-corrected chi connectivity index (χ1v) is 7.90. The van der Waals surface area contributed by atoms with Crippen LogP contribution >= 0.6 is 13.5 Å². The maximum atomic E-state index is 2.58. The van der Waals surface area contributed by atoms with Crippen LogP contribution in [0.1, 0.15) is 53.0 Å². The fraction of sp³-hybridized carbons (Fsp3) is 0.667. The molecule has 1 aromatic rings. The van der Waals surface area contributed by atoms with E-state index in [2.05, 4.69) is 56.0 Å². The fourth-order valence-electron chi connectivity index (χ4n) is 3.22. The molecule has 0 atom stereocenters. The first kappa shape index (κ1) is 22.8. The summed E-state index contributed by atoms with van der Waals surface area (Å²) in [5.74, 6) is 0.828. The summed E-state index contributed by atoms with van der Waals surface area (Å²) in [6.07, 6.45) is 2.71. The minimum absolute atomic E-state index is 0.